The zero-order valence-electron chi connectivity index (χ0n) is 9.99. The van der Waals surface area contributed by atoms with Crippen molar-refractivity contribution >= 4 is 0 Å². The van der Waals surface area contributed by atoms with Gasteiger partial charge in [-0.15, -0.1) is 0 Å². The maximum absolute atomic E-state index is 5.81. The summed E-state index contributed by atoms with van der Waals surface area (Å²) in [7, 11) is 4.21. The molecule has 3 atom stereocenters. The van der Waals surface area contributed by atoms with Crippen LogP contribution in [0.1, 0.15) is 33.6 Å². The Kier molecular flexibility index (Phi) is 4.35. The summed E-state index contributed by atoms with van der Waals surface area (Å²) < 4.78 is 11.5. The predicted octanol–water partition coefficient (Wildman–Crippen LogP) is 1.87. The summed E-state index contributed by atoms with van der Waals surface area (Å²) in [5.41, 5.74) is 0. The van der Waals surface area contributed by atoms with Crippen LogP contribution in [0.15, 0.2) is 0 Å². The molecule has 0 aliphatic carbocycles. The summed E-state index contributed by atoms with van der Waals surface area (Å²) in [6.07, 6.45) is 2.68. The van der Waals surface area contributed by atoms with Crippen molar-refractivity contribution in [3.8, 4) is 0 Å². The Morgan fingerprint density at radius 1 is 1.29 bits per heavy atom. The quantitative estimate of drug-likeness (QED) is 0.695. The first-order valence-electron chi connectivity index (χ1n) is 5.48. The zero-order chi connectivity index (χ0) is 10.7. The van der Waals surface area contributed by atoms with E-state index in [2.05, 4.69) is 25.9 Å². The number of nitrogens with zero attached hydrogens (tertiary/aromatic N) is 1. The average molecular weight is 201 g/mol. The topological polar surface area (TPSA) is 21.7 Å². The molecule has 1 heterocycles. The van der Waals surface area contributed by atoms with Gasteiger partial charge in [0.15, 0.2) is 6.29 Å². The van der Waals surface area contributed by atoms with E-state index < -0.39 is 0 Å². The van der Waals surface area contributed by atoms with Gasteiger partial charge in [0.05, 0.1) is 12.2 Å². The molecule has 1 aliphatic heterocycles. The van der Waals surface area contributed by atoms with Gasteiger partial charge in [0.2, 0.25) is 0 Å². The molecular weight excluding hydrogens is 178 g/mol. The molecule has 0 aromatic rings. The molecule has 84 valence electrons. The number of hydrogen-bond acceptors (Lipinski definition) is 3. The third kappa shape index (κ3) is 3.23. The minimum atomic E-state index is 0.00111. The maximum Gasteiger partial charge on any atom is 0.158 e. The van der Waals surface area contributed by atoms with Crippen LogP contribution in [0.5, 0.6) is 0 Å². The molecule has 0 spiro atoms. The Morgan fingerprint density at radius 2 is 1.93 bits per heavy atom. The molecule has 1 rings (SSSR count). The molecule has 3 nitrogen and oxygen atoms in total. The molecule has 0 bridgehead atoms. The molecule has 0 radical (unpaired) electrons. The largest absolute Gasteiger partial charge is 0.350 e. The lowest BCUT2D eigenvalue weighted by Gasteiger charge is -2.38. The molecule has 0 N–H and O–H groups in total. The van der Waals surface area contributed by atoms with Gasteiger partial charge in [-0.05, 0) is 47.7 Å². The minimum absolute atomic E-state index is 0.00111. The molecule has 14 heavy (non-hydrogen) atoms. The summed E-state index contributed by atoms with van der Waals surface area (Å²) >= 11 is 0. The molecule has 1 saturated heterocycles. The van der Waals surface area contributed by atoms with Crippen LogP contribution < -0.4 is 0 Å². The van der Waals surface area contributed by atoms with Gasteiger partial charge < -0.3 is 14.4 Å². The van der Waals surface area contributed by atoms with Crippen molar-refractivity contribution in [1.29, 1.82) is 0 Å². The van der Waals surface area contributed by atoms with E-state index in [-0.39, 0.29) is 18.5 Å². The molecule has 1 fully saturated rings. The number of rotatable bonds is 3. The van der Waals surface area contributed by atoms with Crippen LogP contribution in [-0.2, 0) is 9.47 Å². The molecule has 0 aromatic carbocycles. The standard InChI is InChI=1S/C11H23NO2/c1-8(2)13-11-7-6-10(12(4)5)9(3)14-11/h8-11H,6-7H2,1-5H3. The first kappa shape index (κ1) is 12.0. The highest BCUT2D eigenvalue weighted by Crippen LogP contribution is 2.23. The Balaban J connectivity index is 2.39. The van der Waals surface area contributed by atoms with Crippen molar-refractivity contribution in [2.45, 2.75) is 58.2 Å². The van der Waals surface area contributed by atoms with E-state index in [1.54, 1.807) is 0 Å². The lowest BCUT2D eigenvalue weighted by molar-refractivity contribution is -0.219. The fraction of sp³-hybridized carbons (Fsp3) is 1.00. The van der Waals surface area contributed by atoms with Crippen LogP contribution in [-0.4, -0.2) is 43.5 Å². The number of hydrogen-bond donors (Lipinski definition) is 0. The second kappa shape index (κ2) is 5.10. The van der Waals surface area contributed by atoms with Gasteiger partial charge in [0.1, 0.15) is 0 Å². The van der Waals surface area contributed by atoms with Crippen LogP contribution in [0, 0.1) is 0 Å². The summed E-state index contributed by atoms with van der Waals surface area (Å²) in [5, 5.41) is 0. The average Bonchev–Trinajstić information content (AvgIpc) is 2.01. The van der Waals surface area contributed by atoms with Crippen LogP contribution in [0.25, 0.3) is 0 Å². The van der Waals surface area contributed by atoms with Gasteiger partial charge >= 0.3 is 0 Å². The Bertz CT molecular complexity index is 171. The van der Waals surface area contributed by atoms with Crippen molar-refractivity contribution in [1.82, 2.24) is 4.90 Å². The van der Waals surface area contributed by atoms with E-state index in [1.807, 2.05) is 13.8 Å². The molecule has 0 aromatic heterocycles. The van der Waals surface area contributed by atoms with E-state index in [4.69, 9.17) is 9.47 Å². The summed E-state index contributed by atoms with van der Waals surface area (Å²) in [4.78, 5) is 2.23. The maximum atomic E-state index is 5.81. The summed E-state index contributed by atoms with van der Waals surface area (Å²) in [5.74, 6) is 0. The highest BCUT2D eigenvalue weighted by Gasteiger charge is 2.30. The second-order valence-corrected chi connectivity index (χ2v) is 4.56. The van der Waals surface area contributed by atoms with E-state index in [0.717, 1.165) is 12.8 Å². The van der Waals surface area contributed by atoms with Gasteiger partial charge in [-0.1, -0.05) is 0 Å². The van der Waals surface area contributed by atoms with E-state index in [1.165, 1.54) is 0 Å². The molecular formula is C11H23NO2. The third-order valence-corrected chi connectivity index (χ3v) is 2.69. The second-order valence-electron chi connectivity index (χ2n) is 4.56. The van der Waals surface area contributed by atoms with Gasteiger partial charge in [0.25, 0.3) is 0 Å². The monoisotopic (exact) mass is 201 g/mol. The van der Waals surface area contributed by atoms with E-state index >= 15 is 0 Å². The van der Waals surface area contributed by atoms with Gasteiger partial charge in [-0.3, -0.25) is 0 Å². The van der Waals surface area contributed by atoms with Crippen molar-refractivity contribution in [2.75, 3.05) is 14.1 Å². The third-order valence-electron chi connectivity index (χ3n) is 2.69. The Labute approximate surface area is 87.4 Å². The van der Waals surface area contributed by atoms with E-state index in [9.17, 15) is 0 Å². The number of likely N-dealkylation sites (N-methyl/N-ethyl adjacent to an activating group) is 1. The van der Waals surface area contributed by atoms with E-state index in [0.29, 0.717) is 6.04 Å². The first-order valence-corrected chi connectivity index (χ1v) is 5.48. The molecule has 1 aliphatic rings. The lowest BCUT2D eigenvalue weighted by Crippen LogP contribution is -2.46. The fourth-order valence-electron chi connectivity index (χ4n) is 2.02. The van der Waals surface area contributed by atoms with Crippen molar-refractivity contribution in [3.05, 3.63) is 0 Å². The minimum Gasteiger partial charge on any atom is -0.350 e. The molecule has 0 amide bonds. The SMILES string of the molecule is CC(C)OC1CCC(N(C)C)C(C)O1. The van der Waals surface area contributed by atoms with Crippen molar-refractivity contribution < 1.29 is 9.47 Å². The van der Waals surface area contributed by atoms with Gasteiger partial charge in [-0.25, -0.2) is 0 Å². The van der Waals surface area contributed by atoms with Crippen LogP contribution in [0.4, 0.5) is 0 Å². The van der Waals surface area contributed by atoms with Crippen LogP contribution in [0.2, 0.25) is 0 Å². The molecule has 3 unspecified atom stereocenters. The van der Waals surface area contributed by atoms with Gasteiger partial charge in [0, 0.05) is 6.04 Å². The highest BCUT2D eigenvalue weighted by molar-refractivity contribution is 4.78. The smallest absolute Gasteiger partial charge is 0.158 e. The summed E-state index contributed by atoms with van der Waals surface area (Å²) in [6, 6.07) is 0.530. The lowest BCUT2D eigenvalue weighted by atomic mass is 10.0. The van der Waals surface area contributed by atoms with Crippen molar-refractivity contribution in [3.63, 3.8) is 0 Å². The first-order chi connectivity index (χ1) is 6.50. The van der Waals surface area contributed by atoms with Gasteiger partial charge in [-0.2, -0.15) is 0 Å². The van der Waals surface area contributed by atoms with Crippen molar-refractivity contribution in [2.24, 2.45) is 0 Å². The fourth-order valence-corrected chi connectivity index (χ4v) is 2.02. The predicted molar refractivity (Wildman–Crippen MR) is 57.3 cm³/mol. The number of ether oxygens (including phenoxy) is 2. The highest BCUT2D eigenvalue weighted by atomic mass is 16.7. The molecule has 3 heteroatoms. The molecule has 0 saturated carbocycles. The summed E-state index contributed by atoms with van der Waals surface area (Å²) in [6.45, 7) is 6.22. The van der Waals surface area contributed by atoms with Crippen LogP contribution >= 0.6 is 0 Å². The zero-order valence-corrected chi connectivity index (χ0v) is 9.99. The Morgan fingerprint density at radius 3 is 2.36 bits per heavy atom. The Hall–Kier alpha value is -0.120. The van der Waals surface area contributed by atoms with Crippen LogP contribution in [0.3, 0.4) is 0 Å². The normalized spacial score (nSPS) is 34.1.